The maximum atomic E-state index is 11.6. The molecule has 0 spiro atoms. The molecule has 2 N–H and O–H groups in total. The van der Waals surface area contributed by atoms with Crippen molar-refractivity contribution in [1.82, 2.24) is 9.80 Å². The van der Waals surface area contributed by atoms with Gasteiger partial charge in [-0.1, -0.05) is 6.42 Å². The minimum absolute atomic E-state index is 0.0195. The summed E-state index contributed by atoms with van der Waals surface area (Å²) in [5.41, 5.74) is 5.81. The van der Waals surface area contributed by atoms with Crippen molar-refractivity contribution in [2.75, 3.05) is 19.6 Å². The van der Waals surface area contributed by atoms with E-state index in [9.17, 15) is 9.59 Å². The predicted molar refractivity (Wildman–Crippen MR) is 68.8 cm³/mol. The van der Waals surface area contributed by atoms with E-state index in [1.54, 1.807) is 0 Å². The maximum Gasteiger partial charge on any atom is 0.229 e. The average Bonchev–Trinajstić information content (AvgIpc) is 2.68. The second kappa shape index (κ2) is 5.80. The molecule has 2 fully saturated rings. The fraction of sp³-hybridized carbons (Fsp3) is 0.846. The Morgan fingerprint density at radius 1 is 1.17 bits per heavy atom. The molecule has 5 nitrogen and oxygen atoms in total. The molecule has 2 amide bonds. The molecular weight excluding hydrogens is 230 g/mol. The average molecular weight is 253 g/mol. The zero-order chi connectivity index (χ0) is 13.1. The first-order valence-corrected chi connectivity index (χ1v) is 6.92. The third kappa shape index (κ3) is 2.72. The topological polar surface area (TPSA) is 66.6 Å². The van der Waals surface area contributed by atoms with Gasteiger partial charge >= 0.3 is 0 Å². The fourth-order valence-corrected chi connectivity index (χ4v) is 3.08. The molecule has 2 saturated heterocycles. The number of hydrogen-bond acceptors (Lipinski definition) is 4. The van der Waals surface area contributed by atoms with Crippen LogP contribution in [0.15, 0.2) is 0 Å². The summed E-state index contributed by atoms with van der Waals surface area (Å²) in [6, 6.07) is 0.904. The normalized spacial score (nSPS) is 30.2. The van der Waals surface area contributed by atoms with E-state index in [1.807, 2.05) is 0 Å². The lowest BCUT2D eigenvalue weighted by atomic mass is 9.96. The van der Waals surface area contributed by atoms with Crippen molar-refractivity contribution in [3.8, 4) is 0 Å². The second-order valence-electron chi connectivity index (χ2n) is 5.35. The monoisotopic (exact) mass is 253 g/mol. The molecular formula is C13H23N3O2. The number of imide groups is 1. The van der Waals surface area contributed by atoms with E-state index in [0.717, 1.165) is 13.0 Å². The molecule has 102 valence electrons. The SMILES string of the molecule is CC1CCCC(CN)N1CCN1C(=O)CCC1=O. The molecule has 2 rings (SSSR count). The molecule has 0 radical (unpaired) electrons. The summed E-state index contributed by atoms with van der Waals surface area (Å²) < 4.78 is 0. The lowest BCUT2D eigenvalue weighted by Gasteiger charge is -2.40. The molecule has 5 heteroatoms. The maximum absolute atomic E-state index is 11.6. The summed E-state index contributed by atoms with van der Waals surface area (Å²) in [7, 11) is 0. The van der Waals surface area contributed by atoms with Gasteiger partial charge in [0.1, 0.15) is 0 Å². The van der Waals surface area contributed by atoms with Crippen LogP contribution in [-0.4, -0.2) is 53.3 Å². The molecule has 2 atom stereocenters. The summed E-state index contributed by atoms with van der Waals surface area (Å²) in [6.45, 7) is 4.15. The van der Waals surface area contributed by atoms with Crippen molar-refractivity contribution in [1.29, 1.82) is 0 Å². The highest BCUT2D eigenvalue weighted by Gasteiger charge is 2.31. The number of piperidine rings is 1. The van der Waals surface area contributed by atoms with Crippen molar-refractivity contribution in [3.63, 3.8) is 0 Å². The molecule has 0 aliphatic carbocycles. The van der Waals surface area contributed by atoms with Crippen molar-refractivity contribution >= 4 is 11.8 Å². The Kier molecular flexibility index (Phi) is 4.35. The predicted octanol–water partition coefficient (Wildman–Crippen LogP) is 0.337. The summed E-state index contributed by atoms with van der Waals surface area (Å²) in [6.07, 6.45) is 4.30. The minimum Gasteiger partial charge on any atom is -0.329 e. The molecule has 2 aliphatic heterocycles. The minimum atomic E-state index is -0.0195. The van der Waals surface area contributed by atoms with Gasteiger partial charge in [-0.3, -0.25) is 19.4 Å². The van der Waals surface area contributed by atoms with E-state index >= 15 is 0 Å². The van der Waals surface area contributed by atoms with E-state index in [1.165, 1.54) is 17.7 Å². The van der Waals surface area contributed by atoms with E-state index in [0.29, 0.717) is 38.0 Å². The number of carbonyl (C=O) groups excluding carboxylic acids is 2. The number of nitrogens with two attached hydrogens (primary N) is 1. The van der Waals surface area contributed by atoms with Gasteiger partial charge in [0.05, 0.1) is 0 Å². The number of likely N-dealkylation sites (tertiary alicyclic amines) is 2. The van der Waals surface area contributed by atoms with Crippen LogP contribution >= 0.6 is 0 Å². The van der Waals surface area contributed by atoms with Gasteiger partial charge < -0.3 is 5.73 Å². The van der Waals surface area contributed by atoms with Crippen LogP contribution in [0.5, 0.6) is 0 Å². The van der Waals surface area contributed by atoms with Crippen LogP contribution in [0.3, 0.4) is 0 Å². The second-order valence-corrected chi connectivity index (χ2v) is 5.35. The van der Waals surface area contributed by atoms with Gasteiger partial charge in [-0.05, 0) is 19.8 Å². The largest absolute Gasteiger partial charge is 0.329 e. The standard InChI is InChI=1S/C13H23N3O2/c1-10-3-2-4-11(9-14)15(10)7-8-16-12(17)5-6-13(16)18/h10-11H,2-9,14H2,1H3. The zero-order valence-electron chi connectivity index (χ0n) is 11.1. The van der Waals surface area contributed by atoms with Crippen LogP contribution < -0.4 is 5.73 Å². The van der Waals surface area contributed by atoms with Crippen molar-refractivity contribution in [3.05, 3.63) is 0 Å². The molecule has 0 aromatic heterocycles. The highest BCUT2D eigenvalue weighted by molar-refractivity contribution is 6.01. The Bertz CT molecular complexity index is 316. The molecule has 0 saturated carbocycles. The summed E-state index contributed by atoms with van der Waals surface area (Å²) in [5.74, 6) is -0.0390. The van der Waals surface area contributed by atoms with E-state index in [2.05, 4.69) is 11.8 Å². The molecule has 0 aromatic carbocycles. The van der Waals surface area contributed by atoms with Crippen LogP contribution in [0.2, 0.25) is 0 Å². The van der Waals surface area contributed by atoms with E-state index in [4.69, 9.17) is 5.73 Å². The highest BCUT2D eigenvalue weighted by atomic mass is 16.2. The first-order chi connectivity index (χ1) is 8.63. The van der Waals surface area contributed by atoms with Crippen molar-refractivity contribution in [2.24, 2.45) is 5.73 Å². The number of amides is 2. The van der Waals surface area contributed by atoms with Gasteiger partial charge in [-0.2, -0.15) is 0 Å². The molecule has 2 heterocycles. The highest BCUT2D eigenvalue weighted by Crippen LogP contribution is 2.22. The summed E-state index contributed by atoms with van der Waals surface area (Å²) >= 11 is 0. The number of hydrogen-bond donors (Lipinski definition) is 1. The number of carbonyl (C=O) groups is 2. The zero-order valence-corrected chi connectivity index (χ0v) is 11.1. The molecule has 18 heavy (non-hydrogen) atoms. The summed E-state index contributed by atoms with van der Waals surface area (Å²) in [5, 5.41) is 0. The summed E-state index contributed by atoms with van der Waals surface area (Å²) in [4.78, 5) is 26.9. The Morgan fingerprint density at radius 3 is 2.44 bits per heavy atom. The first-order valence-electron chi connectivity index (χ1n) is 6.92. The van der Waals surface area contributed by atoms with Crippen molar-refractivity contribution < 1.29 is 9.59 Å². The Balaban J connectivity index is 1.91. The van der Waals surface area contributed by atoms with Gasteiger partial charge in [-0.25, -0.2) is 0 Å². The Hall–Kier alpha value is -0.940. The van der Waals surface area contributed by atoms with E-state index < -0.39 is 0 Å². The Morgan fingerprint density at radius 2 is 1.83 bits per heavy atom. The van der Waals surface area contributed by atoms with Gasteiger partial charge in [0.25, 0.3) is 0 Å². The van der Waals surface area contributed by atoms with Crippen LogP contribution in [0, 0.1) is 0 Å². The van der Waals surface area contributed by atoms with Crippen molar-refractivity contribution in [2.45, 2.75) is 51.1 Å². The number of rotatable bonds is 4. The van der Waals surface area contributed by atoms with Gasteiger partial charge in [0, 0.05) is 44.6 Å². The Labute approximate surface area is 108 Å². The lowest BCUT2D eigenvalue weighted by molar-refractivity contribution is -0.138. The third-order valence-electron chi connectivity index (χ3n) is 4.20. The molecule has 0 bridgehead atoms. The quantitative estimate of drug-likeness (QED) is 0.734. The third-order valence-corrected chi connectivity index (χ3v) is 4.20. The molecule has 2 unspecified atom stereocenters. The van der Waals surface area contributed by atoms with Gasteiger partial charge in [0.2, 0.25) is 11.8 Å². The van der Waals surface area contributed by atoms with Gasteiger partial charge in [0.15, 0.2) is 0 Å². The first kappa shape index (κ1) is 13.5. The number of nitrogens with zero attached hydrogens (tertiary/aromatic N) is 2. The smallest absolute Gasteiger partial charge is 0.229 e. The van der Waals surface area contributed by atoms with Crippen LogP contribution in [0.25, 0.3) is 0 Å². The van der Waals surface area contributed by atoms with Crippen LogP contribution in [0.1, 0.15) is 39.0 Å². The van der Waals surface area contributed by atoms with Crippen LogP contribution in [0.4, 0.5) is 0 Å². The molecule has 2 aliphatic rings. The van der Waals surface area contributed by atoms with E-state index in [-0.39, 0.29) is 11.8 Å². The van der Waals surface area contributed by atoms with Crippen LogP contribution in [-0.2, 0) is 9.59 Å². The fourth-order valence-electron chi connectivity index (χ4n) is 3.08. The molecule has 0 aromatic rings. The van der Waals surface area contributed by atoms with Gasteiger partial charge in [-0.15, -0.1) is 0 Å². The lowest BCUT2D eigenvalue weighted by Crippen LogP contribution is -2.51.